The summed E-state index contributed by atoms with van der Waals surface area (Å²) in [5.74, 6) is 2.25. The zero-order valence-corrected chi connectivity index (χ0v) is 19.2. The Morgan fingerprint density at radius 2 is 1.89 bits per heavy atom. The van der Waals surface area contributed by atoms with Gasteiger partial charge in [0.1, 0.15) is 23.5 Å². The van der Waals surface area contributed by atoms with Crippen molar-refractivity contribution in [2.45, 2.75) is 13.8 Å². The zero-order valence-electron chi connectivity index (χ0n) is 19.2. The molecule has 1 aromatic carbocycles. The highest BCUT2D eigenvalue weighted by atomic mass is 19.1. The highest BCUT2D eigenvalue weighted by Crippen LogP contribution is 2.43. The Hall–Kier alpha value is -4.84. The number of aryl methyl sites for hydroxylation is 3. The summed E-state index contributed by atoms with van der Waals surface area (Å²) in [5, 5.41) is 0.612. The first-order valence-electron chi connectivity index (χ1n) is 10.7. The van der Waals surface area contributed by atoms with E-state index in [0.29, 0.717) is 33.5 Å². The molecule has 5 aromatic rings. The van der Waals surface area contributed by atoms with Gasteiger partial charge in [0, 0.05) is 35.8 Å². The average molecular weight is 465 g/mol. The van der Waals surface area contributed by atoms with E-state index in [-0.39, 0.29) is 17.6 Å². The van der Waals surface area contributed by atoms with Crippen molar-refractivity contribution in [2.24, 2.45) is 7.05 Å². The number of hydrogen-bond donors (Lipinski definition) is 1. The first-order chi connectivity index (χ1) is 16.9. The number of nitrogens with zero attached hydrogens (tertiary/aromatic N) is 6. The Bertz CT molecular complexity index is 1650. The summed E-state index contributed by atoms with van der Waals surface area (Å²) in [5.41, 5.74) is 11.7. The van der Waals surface area contributed by atoms with E-state index in [1.165, 1.54) is 18.5 Å². The maximum Gasteiger partial charge on any atom is 0.322 e. The molecule has 0 atom stereocenters. The lowest BCUT2D eigenvalue weighted by Gasteiger charge is -2.12. The predicted octanol–water partition coefficient (Wildman–Crippen LogP) is 4.60. The molecule has 4 aromatic heterocycles. The first kappa shape index (κ1) is 22.0. The normalized spacial score (nSPS) is 10.9. The second kappa shape index (κ2) is 8.50. The molecule has 172 valence electrons. The Morgan fingerprint density at radius 1 is 1.06 bits per heavy atom. The van der Waals surface area contributed by atoms with E-state index in [2.05, 4.69) is 30.8 Å². The van der Waals surface area contributed by atoms with Crippen LogP contribution in [-0.2, 0) is 7.05 Å². The number of benzene rings is 1. The van der Waals surface area contributed by atoms with Crippen LogP contribution >= 0.6 is 0 Å². The van der Waals surface area contributed by atoms with Crippen LogP contribution in [-0.4, -0.2) is 29.5 Å². The van der Waals surface area contributed by atoms with Gasteiger partial charge in [0.25, 0.3) is 0 Å². The standard InChI is InChI=1S/C26H20FN7O/c1-5-17-7-8-18(15(3)33-17)23-21(22-24(28)30-13-31-25(22)34(23)4)16-6-9-20(19(27)12-16)35-26-29-11-10-14(2)32-26/h1,6-13H,2-4H3,(H2,28,30,31). The molecule has 0 aliphatic rings. The van der Waals surface area contributed by atoms with Gasteiger partial charge in [0.15, 0.2) is 11.6 Å². The van der Waals surface area contributed by atoms with Gasteiger partial charge >= 0.3 is 6.01 Å². The molecule has 0 saturated heterocycles. The van der Waals surface area contributed by atoms with Gasteiger partial charge in [-0.25, -0.2) is 29.3 Å². The van der Waals surface area contributed by atoms with Gasteiger partial charge in [-0.1, -0.05) is 12.0 Å². The van der Waals surface area contributed by atoms with Crippen LogP contribution in [0.3, 0.4) is 0 Å². The molecule has 35 heavy (non-hydrogen) atoms. The van der Waals surface area contributed by atoms with E-state index >= 15 is 4.39 Å². The summed E-state index contributed by atoms with van der Waals surface area (Å²) >= 11 is 0. The monoisotopic (exact) mass is 465 g/mol. The fraction of sp³-hybridized carbons (Fsp3) is 0.115. The van der Waals surface area contributed by atoms with Crippen molar-refractivity contribution < 1.29 is 9.13 Å². The second-order valence-corrected chi connectivity index (χ2v) is 7.94. The number of fused-ring (bicyclic) bond motifs is 1. The molecule has 0 aliphatic carbocycles. The lowest BCUT2D eigenvalue weighted by atomic mass is 9.97. The lowest BCUT2D eigenvalue weighted by molar-refractivity contribution is 0.410. The van der Waals surface area contributed by atoms with Crippen LogP contribution in [0.1, 0.15) is 17.1 Å². The summed E-state index contributed by atoms with van der Waals surface area (Å²) in [4.78, 5) is 21.3. The number of nitrogens with two attached hydrogens (primary N) is 1. The maximum absolute atomic E-state index is 15.3. The SMILES string of the molecule is C#Cc1ccc(-c2c(-c3ccc(Oc4nccc(C)n4)c(F)c3)c3c(N)ncnc3n2C)c(C)n1. The number of nitrogen functional groups attached to an aromatic ring is 1. The smallest absolute Gasteiger partial charge is 0.322 e. The van der Waals surface area contributed by atoms with Gasteiger partial charge in [-0.05, 0) is 49.7 Å². The quantitative estimate of drug-likeness (QED) is 0.387. The number of terminal acetylenes is 1. The van der Waals surface area contributed by atoms with Gasteiger partial charge in [0.05, 0.1) is 11.1 Å². The third-order valence-electron chi connectivity index (χ3n) is 5.68. The zero-order chi connectivity index (χ0) is 24.7. The van der Waals surface area contributed by atoms with E-state index in [4.69, 9.17) is 16.9 Å². The van der Waals surface area contributed by atoms with Crippen LogP contribution in [0.5, 0.6) is 11.8 Å². The number of ether oxygens (including phenoxy) is 1. The van der Waals surface area contributed by atoms with E-state index in [9.17, 15) is 0 Å². The van der Waals surface area contributed by atoms with Gasteiger partial charge in [0.2, 0.25) is 0 Å². The van der Waals surface area contributed by atoms with E-state index in [1.54, 1.807) is 31.3 Å². The number of rotatable bonds is 4. The lowest BCUT2D eigenvalue weighted by Crippen LogP contribution is -1.99. The molecular weight excluding hydrogens is 445 g/mol. The van der Waals surface area contributed by atoms with Crippen LogP contribution in [0.2, 0.25) is 0 Å². The molecule has 9 heteroatoms. The first-order valence-corrected chi connectivity index (χ1v) is 10.7. The van der Waals surface area contributed by atoms with E-state index in [0.717, 1.165) is 17.0 Å². The molecule has 0 fully saturated rings. The van der Waals surface area contributed by atoms with E-state index in [1.807, 2.05) is 24.6 Å². The molecule has 5 rings (SSSR count). The van der Waals surface area contributed by atoms with Crippen molar-refractivity contribution >= 4 is 16.9 Å². The van der Waals surface area contributed by atoms with Crippen LogP contribution < -0.4 is 10.5 Å². The third kappa shape index (κ3) is 3.81. The average Bonchev–Trinajstić information content (AvgIpc) is 3.14. The van der Waals surface area contributed by atoms with Gasteiger partial charge < -0.3 is 15.0 Å². The summed E-state index contributed by atoms with van der Waals surface area (Å²) in [7, 11) is 1.87. The Labute approximate surface area is 200 Å². The number of aromatic nitrogens is 6. The van der Waals surface area contributed by atoms with Crippen LogP contribution in [0.15, 0.2) is 48.9 Å². The summed E-state index contributed by atoms with van der Waals surface area (Å²) < 4.78 is 22.7. The van der Waals surface area contributed by atoms with Gasteiger partial charge in [-0.15, -0.1) is 6.42 Å². The van der Waals surface area contributed by atoms with Gasteiger partial charge in [-0.2, -0.15) is 0 Å². The predicted molar refractivity (Wildman–Crippen MR) is 131 cm³/mol. The second-order valence-electron chi connectivity index (χ2n) is 7.94. The van der Waals surface area contributed by atoms with Crippen LogP contribution in [0, 0.1) is 32.0 Å². The van der Waals surface area contributed by atoms with Crippen molar-refractivity contribution in [2.75, 3.05) is 5.73 Å². The molecule has 2 N–H and O–H groups in total. The molecule has 0 amide bonds. The molecule has 0 bridgehead atoms. The number of anilines is 1. The molecule has 0 unspecified atom stereocenters. The number of hydrogen-bond acceptors (Lipinski definition) is 7. The largest absolute Gasteiger partial charge is 0.421 e. The fourth-order valence-corrected chi connectivity index (χ4v) is 4.08. The number of halogens is 1. The van der Waals surface area contributed by atoms with Crippen molar-refractivity contribution in [3.8, 4) is 46.5 Å². The van der Waals surface area contributed by atoms with Gasteiger partial charge in [-0.3, -0.25) is 0 Å². The Morgan fingerprint density at radius 3 is 2.60 bits per heavy atom. The minimum atomic E-state index is -0.580. The van der Waals surface area contributed by atoms with E-state index < -0.39 is 5.82 Å². The molecule has 0 aliphatic heterocycles. The Balaban J connectivity index is 1.71. The van der Waals surface area contributed by atoms with Crippen molar-refractivity contribution in [1.82, 2.24) is 29.5 Å². The Kier molecular flexibility index (Phi) is 5.34. The topological polar surface area (TPSA) is 105 Å². The van der Waals surface area contributed by atoms with Crippen molar-refractivity contribution in [1.29, 1.82) is 0 Å². The summed E-state index contributed by atoms with van der Waals surface area (Å²) in [6.07, 6.45) is 8.47. The number of pyridine rings is 1. The third-order valence-corrected chi connectivity index (χ3v) is 5.68. The maximum atomic E-state index is 15.3. The summed E-state index contributed by atoms with van der Waals surface area (Å²) in [6, 6.07) is 10.1. The molecule has 0 radical (unpaired) electrons. The van der Waals surface area contributed by atoms with Crippen LogP contribution in [0.25, 0.3) is 33.4 Å². The minimum absolute atomic E-state index is 0.00146. The highest BCUT2D eigenvalue weighted by Gasteiger charge is 2.24. The molecule has 0 spiro atoms. The molecule has 8 nitrogen and oxygen atoms in total. The summed E-state index contributed by atoms with van der Waals surface area (Å²) in [6.45, 7) is 3.67. The molecule has 4 heterocycles. The van der Waals surface area contributed by atoms with Crippen molar-refractivity contribution in [3.05, 3.63) is 71.8 Å². The highest BCUT2D eigenvalue weighted by molar-refractivity contribution is 6.08. The molecule has 0 saturated carbocycles. The minimum Gasteiger partial charge on any atom is -0.421 e. The molecular formula is C26H20FN7O. The fourth-order valence-electron chi connectivity index (χ4n) is 4.08. The van der Waals surface area contributed by atoms with Crippen molar-refractivity contribution in [3.63, 3.8) is 0 Å². The van der Waals surface area contributed by atoms with Crippen LogP contribution in [0.4, 0.5) is 10.2 Å².